The molecule has 190 valence electrons. The number of aryl methyl sites for hydroxylation is 2. The van der Waals surface area contributed by atoms with Crippen LogP contribution in [0.25, 0.3) is 0 Å². The zero-order chi connectivity index (χ0) is 26.1. The molecule has 0 saturated carbocycles. The summed E-state index contributed by atoms with van der Waals surface area (Å²) in [5, 5.41) is 0. The molecule has 1 aliphatic rings. The molecular formula is C24H22BrF3N4O3S. The van der Waals surface area contributed by atoms with Crippen molar-refractivity contribution in [1.29, 1.82) is 0 Å². The van der Waals surface area contributed by atoms with Crippen LogP contribution in [-0.2, 0) is 23.0 Å². The van der Waals surface area contributed by atoms with Gasteiger partial charge in [-0.1, -0.05) is 42.5 Å². The maximum Gasteiger partial charge on any atom is 0.511 e. The topological polar surface area (TPSA) is 83.5 Å². The van der Waals surface area contributed by atoms with E-state index in [1.54, 1.807) is 25.1 Å². The van der Waals surface area contributed by atoms with Gasteiger partial charge in [0.1, 0.15) is 0 Å². The number of halogens is 4. The lowest BCUT2D eigenvalue weighted by atomic mass is 10.0. The van der Waals surface area contributed by atoms with E-state index in [2.05, 4.69) is 25.9 Å². The van der Waals surface area contributed by atoms with Gasteiger partial charge in [0.05, 0.1) is 10.5 Å². The molecule has 0 fully saturated rings. The molecule has 4 rings (SSSR count). The summed E-state index contributed by atoms with van der Waals surface area (Å²) in [7, 11) is -5.66. The second-order valence-electron chi connectivity index (χ2n) is 8.39. The minimum absolute atomic E-state index is 0.150. The number of amides is 1. The van der Waals surface area contributed by atoms with E-state index < -0.39 is 40.6 Å². The number of fused-ring (bicyclic) bond motifs is 1. The van der Waals surface area contributed by atoms with Gasteiger partial charge in [-0.05, 0) is 58.5 Å². The molecule has 0 N–H and O–H groups in total. The number of sulfonamides is 1. The van der Waals surface area contributed by atoms with Gasteiger partial charge >= 0.3 is 15.5 Å². The minimum atomic E-state index is -5.66. The molecule has 0 saturated heterocycles. The van der Waals surface area contributed by atoms with Crippen molar-refractivity contribution >= 4 is 37.5 Å². The summed E-state index contributed by atoms with van der Waals surface area (Å²) in [5.74, 6) is -0.777. The third kappa shape index (κ3) is 5.30. The second-order valence-corrected chi connectivity index (χ2v) is 11.2. The summed E-state index contributed by atoms with van der Waals surface area (Å²) < 4.78 is 67.0. The summed E-state index contributed by atoms with van der Waals surface area (Å²) in [5.41, 5.74) is -3.35. The van der Waals surface area contributed by atoms with Crippen LogP contribution in [0.3, 0.4) is 0 Å². The largest absolute Gasteiger partial charge is 0.511 e. The number of aromatic nitrogens is 2. The number of hydrogen-bond acceptors (Lipinski definition) is 5. The first-order chi connectivity index (χ1) is 17.0. The number of benzene rings is 2. The van der Waals surface area contributed by atoms with Gasteiger partial charge in [0.25, 0.3) is 5.91 Å². The number of nitrogens with zero attached hydrogens (tertiary/aromatic N) is 4. The Kier molecular flexibility index (Phi) is 7.48. The zero-order valence-corrected chi connectivity index (χ0v) is 21.5. The van der Waals surface area contributed by atoms with Crippen LogP contribution in [0, 0.1) is 6.92 Å². The van der Waals surface area contributed by atoms with Crippen molar-refractivity contribution in [3.8, 4) is 0 Å². The Morgan fingerprint density at radius 2 is 1.75 bits per heavy atom. The van der Waals surface area contributed by atoms with E-state index in [1.807, 2.05) is 30.3 Å². The number of carbonyl (C=O) groups is 1. The third-order valence-electron chi connectivity index (χ3n) is 6.03. The molecule has 1 unspecified atom stereocenters. The highest BCUT2D eigenvalue weighted by Crippen LogP contribution is 2.37. The summed E-state index contributed by atoms with van der Waals surface area (Å²) >= 11 is 3.22. The normalized spacial score (nSPS) is 16.9. The smallest absolute Gasteiger partial charge is 0.301 e. The predicted octanol–water partition coefficient (Wildman–Crippen LogP) is 4.86. The number of rotatable bonds is 5. The molecule has 0 radical (unpaired) electrons. The number of hydrogen-bond donors (Lipinski definition) is 0. The molecule has 2 aromatic carbocycles. The van der Waals surface area contributed by atoms with Gasteiger partial charge < -0.3 is 4.90 Å². The lowest BCUT2D eigenvalue weighted by molar-refractivity contribution is -0.0492. The van der Waals surface area contributed by atoms with E-state index in [4.69, 9.17) is 0 Å². The van der Waals surface area contributed by atoms with Crippen LogP contribution in [0.1, 0.15) is 33.7 Å². The second kappa shape index (κ2) is 10.3. The van der Waals surface area contributed by atoms with Gasteiger partial charge in [-0.15, -0.1) is 0 Å². The molecule has 12 heteroatoms. The molecule has 36 heavy (non-hydrogen) atoms. The molecule has 0 aliphatic carbocycles. The van der Waals surface area contributed by atoms with Gasteiger partial charge in [0, 0.05) is 31.2 Å². The van der Waals surface area contributed by atoms with E-state index in [0.717, 1.165) is 5.56 Å². The van der Waals surface area contributed by atoms with Gasteiger partial charge in [0.15, 0.2) is 0 Å². The summed E-state index contributed by atoms with van der Waals surface area (Å²) in [6.07, 6.45) is 3.42. The van der Waals surface area contributed by atoms with Crippen LogP contribution in [0.2, 0.25) is 0 Å². The van der Waals surface area contributed by atoms with E-state index in [0.29, 0.717) is 32.0 Å². The lowest BCUT2D eigenvalue weighted by Crippen LogP contribution is -2.49. The van der Waals surface area contributed by atoms with Crippen molar-refractivity contribution in [2.75, 3.05) is 11.4 Å². The summed E-state index contributed by atoms with van der Waals surface area (Å²) in [6, 6.07) is 13.3. The Bertz CT molecular complexity index is 1350. The molecular weight excluding hydrogens is 561 g/mol. The first-order valence-electron chi connectivity index (χ1n) is 11.0. The quantitative estimate of drug-likeness (QED) is 0.429. The van der Waals surface area contributed by atoms with Crippen LogP contribution in [-0.4, -0.2) is 46.7 Å². The summed E-state index contributed by atoms with van der Waals surface area (Å²) in [6.45, 7) is 0.613. The average molecular weight is 583 g/mol. The maximum absolute atomic E-state index is 13.7. The van der Waals surface area contributed by atoms with Gasteiger partial charge in [-0.25, -0.2) is 18.4 Å². The highest BCUT2D eigenvalue weighted by Gasteiger charge is 2.52. The predicted molar refractivity (Wildman–Crippen MR) is 132 cm³/mol. The number of anilines is 1. The van der Waals surface area contributed by atoms with Crippen LogP contribution >= 0.6 is 15.9 Å². The third-order valence-corrected chi connectivity index (χ3v) is 7.98. The average Bonchev–Trinajstić information content (AvgIpc) is 3.01. The van der Waals surface area contributed by atoms with Crippen LogP contribution < -0.4 is 4.90 Å². The number of carbonyl (C=O) groups excluding carboxylic acids is 1. The Morgan fingerprint density at radius 3 is 2.39 bits per heavy atom. The number of alkyl halides is 3. The van der Waals surface area contributed by atoms with Gasteiger partial charge in [-0.3, -0.25) is 4.79 Å². The van der Waals surface area contributed by atoms with E-state index >= 15 is 0 Å². The molecule has 1 atom stereocenters. The SMILES string of the molecule is Cc1cccc2c1CN(S(=O)(=O)C(F)(F)F)CC(CCc1ccccc1)N2C(=O)c1ncc(Br)cn1. The molecule has 1 aromatic heterocycles. The fourth-order valence-electron chi connectivity index (χ4n) is 4.21. The van der Waals surface area contributed by atoms with Crippen molar-refractivity contribution in [3.63, 3.8) is 0 Å². The Hall–Kier alpha value is -2.83. The molecule has 1 aliphatic heterocycles. The Labute approximate surface area is 215 Å². The van der Waals surface area contributed by atoms with Crippen molar-refractivity contribution < 1.29 is 26.4 Å². The first kappa shape index (κ1) is 26.2. The fourth-order valence-corrected chi connectivity index (χ4v) is 5.37. The van der Waals surface area contributed by atoms with Crippen LogP contribution in [0.5, 0.6) is 0 Å². The first-order valence-corrected chi connectivity index (χ1v) is 13.2. The van der Waals surface area contributed by atoms with Crippen LogP contribution in [0.15, 0.2) is 65.4 Å². The van der Waals surface area contributed by atoms with E-state index in [-0.39, 0.29) is 12.2 Å². The molecule has 3 aromatic rings. The standard InChI is InChI=1S/C24H22BrF3N4O3S/c1-16-6-5-9-21-20(16)15-31(36(34,35)24(26,27)28)14-19(11-10-17-7-3-2-4-8-17)32(21)23(33)22-29-12-18(25)13-30-22/h2-9,12-13,19H,10-11,14-15H2,1H3. The molecule has 0 spiro atoms. The Morgan fingerprint density at radius 1 is 1.08 bits per heavy atom. The van der Waals surface area contributed by atoms with Crippen molar-refractivity contribution in [1.82, 2.24) is 14.3 Å². The Balaban J connectivity index is 1.84. The van der Waals surface area contributed by atoms with Crippen molar-refractivity contribution in [3.05, 3.63) is 87.9 Å². The van der Waals surface area contributed by atoms with Crippen molar-refractivity contribution in [2.45, 2.75) is 37.9 Å². The highest BCUT2D eigenvalue weighted by atomic mass is 79.9. The lowest BCUT2D eigenvalue weighted by Gasteiger charge is -2.32. The van der Waals surface area contributed by atoms with Gasteiger partial charge in [0.2, 0.25) is 5.82 Å². The minimum Gasteiger partial charge on any atom is -0.301 e. The monoisotopic (exact) mass is 582 g/mol. The molecule has 2 heterocycles. The molecule has 0 bridgehead atoms. The van der Waals surface area contributed by atoms with Gasteiger partial charge in [-0.2, -0.15) is 17.5 Å². The zero-order valence-electron chi connectivity index (χ0n) is 19.1. The van der Waals surface area contributed by atoms with E-state index in [9.17, 15) is 26.4 Å². The van der Waals surface area contributed by atoms with E-state index in [1.165, 1.54) is 17.3 Å². The van der Waals surface area contributed by atoms with Crippen LogP contribution in [0.4, 0.5) is 18.9 Å². The summed E-state index contributed by atoms with van der Waals surface area (Å²) in [4.78, 5) is 23.2. The van der Waals surface area contributed by atoms with Crippen molar-refractivity contribution in [2.24, 2.45) is 0 Å². The maximum atomic E-state index is 13.7. The highest BCUT2D eigenvalue weighted by molar-refractivity contribution is 9.10. The molecule has 1 amide bonds. The molecule has 7 nitrogen and oxygen atoms in total. The fraction of sp³-hybridized carbons (Fsp3) is 0.292.